The van der Waals surface area contributed by atoms with E-state index in [-0.39, 0.29) is 18.6 Å². The first-order valence-electron chi connectivity index (χ1n) is 5.56. The molecule has 15 heavy (non-hydrogen) atoms. The summed E-state index contributed by atoms with van der Waals surface area (Å²) in [5.41, 5.74) is 0. The van der Waals surface area contributed by atoms with E-state index in [1.54, 1.807) is 0 Å². The molecule has 0 aromatic heterocycles. The van der Waals surface area contributed by atoms with Crippen molar-refractivity contribution in [3.63, 3.8) is 0 Å². The molecule has 0 heterocycles. The Morgan fingerprint density at radius 2 is 1.87 bits per heavy atom. The van der Waals surface area contributed by atoms with Crippen LogP contribution in [0.5, 0.6) is 0 Å². The van der Waals surface area contributed by atoms with Crippen LogP contribution in [0.2, 0.25) is 0 Å². The van der Waals surface area contributed by atoms with Gasteiger partial charge in [-0.25, -0.2) is 0 Å². The van der Waals surface area contributed by atoms with E-state index in [0.29, 0.717) is 19.3 Å². The Morgan fingerprint density at radius 1 is 1.27 bits per heavy atom. The summed E-state index contributed by atoms with van der Waals surface area (Å²) < 4.78 is 37.9. The second-order valence-electron chi connectivity index (χ2n) is 4.26. The van der Waals surface area contributed by atoms with E-state index < -0.39 is 18.0 Å². The fraction of sp³-hybridized carbons (Fsp3) is 0.909. The topological polar surface area (TPSA) is 17.1 Å². The fourth-order valence-electron chi connectivity index (χ4n) is 2.34. The van der Waals surface area contributed by atoms with E-state index >= 15 is 0 Å². The number of Topliss-reactive ketones (excluding diaryl/α,β-unsaturated/α-hetero) is 1. The molecular formula is C11H17F3O. The number of rotatable bonds is 3. The number of hydrogen-bond acceptors (Lipinski definition) is 1. The van der Waals surface area contributed by atoms with Crippen molar-refractivity contribution in [1.29, 1.82) is 0 Å². The van der Waals surface area contributed by atoms with Crippen molar-refractivity contribution in [2.24, 2.45) is 11.8 Å². The lowest BCUT2D eigenvalue weighted by Crippen LogP contribution is -2.37. The van der Waals surface area contributed by atoms with E-state index in [9.17, 15) is 18.0 Å². The number of carbonyl (C=O) groups is 1. The molecule has 2 unspecified atom stereocenters. The first kappa shape index (κ1) is 12.5. The molecule has 2 atom stereocenters. The lowest BCUT2D eigenvalue weighted by Gasteiger charge is -2.31. The maximum Gasteiger partial charge on any atom is 0.392 e. The predicted molar refractivity (Wildman–Crippen MR) is 51.4 cm³/mol. The van der Waals surface area contributed by atoms with Gasteiger partial charge in [0.2, 0.25) is 0 Å². The summed E-state index contributed by atoms with van der Waals surface area (Å²) in [6, 6.07) is 0. The Balaban J connectivity index is 2.70. The Labute approximate surface area is 88.0 Å². The monoisotopic (exact) mass is 222 g/mol. The third-order valence-electron chi connectivity index (χ3n) is 3.10. The van der Waals surface area contributed by atoms with Crippen LogP contribution in [0.4, 0.5) is 13.2 Å². The molecule has 0 bridgehead atoms. The van der Waals surface area contributed by atoms with Gasteiger partial charge in [0.1, 0.15) is 5.78 Å². The molecular weight excluding hydrogens is 205 g/mol. The van der Waals surface area contributed by atoms with Gasteiger partial charge in [0.25, 0.3) is 0 Å². The molecule has 1 saturated carbocycles. The quantitative estimate of drug-likeness (QED) is 0.711. The van der Waals surface area contributed by atoms with E-state index in [2.05, 4.69) is 0 Å². The van der Waals surface area contributed by atoms with Crippen molar-refractivity contribution in [2.45, 2.75) is 51.6 Å². The van der Waals surface area contributed by atoms with Crippen LogP contribution in [0.3, 0.4) is 0 Å². The highest BCUT2D eigenvalue weighted by Crippen LogP contribution is 2.42. The molecule has 0 spiro atoms. The lowest BCUT2D eigenvalue weighted by molar-refractivity contribution is -0.197. The van der Waals surface area contributed by atoms with Gasteiger partial charge in [0, 0.05) is 12.3 Å². The van der Waals surface area contributed by atoms with Crippen LogP contribution in [-0.4, -0.2) is 12.0 Å². The minimum Gasteiger partial charge on any atom is -0.299 e. The van der Waals surface area contributed by atoms with Crippen LogP contribution < -0.4 is 0 Å². The molecule has 1 rings (SSSR count). The SMILES string of the molecule is CCCC(=O)C1CCCCC1C(F)(F)F. The number of carbonyl (C=O) groups excluding carboxylic acids is 1. The van der Waals surface area contributed by atoms with Gasteiger partial charge in [-0.1, -0.05) is 19.8 Å². The van der Waals surface area contributed by atoms with Gasteiger partial charge >= 0.3 is 6.18 Å². The van der Waals surface area contributed by atoms with Gasteiger partial charge in [0.15, 0.2) is 0 Å². The molecule has 0 radical (unpaired) electrons. The zero-order valence-electron chi connectivity index (χ0n) is 8.94. The van der Waals surface area contributed by atoms with Gasteiger partial charge in [-0.05, 0) is 19.3 Å². The smallest absolute Gasteiger partial charge is 0.299 e. The van der Waals surface area contributed by atoms with Crippen LogP contribution in [0.15, 0.2) is 0 Å². The summed E-state index contributed by atoms with van der Waals surface area (Å²) in [6.45, 7) is 1.82. The second kappa shape index (κ2) is 4.99. The van der Waals surface area contributed by atoms with Crippen molar-refractivity contribution in [3.8, 4) is 0 Å². The second-order valence-corrected chi connectivity index (χ2v) is 4.26. The maximum absolute atomic E-state index is 12.6. The minimum atomic E-state index is -4.20. The first-order valence-corrected chi connectivity index (χ1v) is 5.56. The Morgan fingerprint density at radius 3 is 2.40 bits per heavy atom. The molecule has 1 fully saturated rings. The van der Waals surface area contributed by atoms with Crippen molar-refractivity contribution in [2.75, 3.05) is 0 Å². The molecule has 0 aromatic rings. The van der Waals surface area contributed by atoms with Crippen LogP contribution >= 0.6 is 0 Å². The molecule has 88 valence electrons. The minimum absolute atomic E-state index is 0.129. The average molecular weight is 222 g/mol. The zero-order valence-corrected chi connectivity index (χ0v) is 8.94. The van der Waals surface area contributed by atoms with E-state index in [4.69, 9.17) is 0 Å². The molecule has 0 saturated heterocycles. The van der Waals surface area contributed by atoms with Crippen molar-refractivity contribution in [1.82, 2.24) is 0 Å². The van der Waals surface area contributed by atoms with Crippen LogP contribution in [0.25, 0.3) is 0 Å². The molecule has 4 heteroatoms. The molecule has 0 amide bonds. The Kier molecular flexibility index (Phi) is 4.17. The molecule has 0 aliphatic heterocycles. The van der Waals surface area contributed by atoms with Crippen LogP contribution in [0, 0.1) is 11.8 Å². The summed E-state index contributed by atoms with van der Waals surface area (Å²) in [6.07, 6.45) is -1.37. The van der Waals surface area contributed by atoms with Gasteiger partial charge < -0.3 is 0 Å². The molecule has 0 N–H and O–H groups in total. The predicted octanol–water partition coefficient (Wildman–Crippen LogP) is 3.72. The Hall–Kier alpha value is -0.540. The normalized spacial score (nSPS) is 27.7. The van der Waals surface area contributed by atoms with Crippen LogP contribution in [0.1, 0.15) is 45.4 Å². The van der Waals surface area contributed by atoms with E-state index in [1.165, 1.54) is 0 Å². The largest absolute Gasteiger partial charge is 0.392 e. The summed E-state index contributed by atoms with van der Waals surface area (Å²) >= 11 is 0. The van der Waals surface area contributed by atoms with Crippen molar-refractivity contribution < 1.29 is 18.0 Å². The number of alkyl halides is 3. The standard InChI is InChI=1S/C11H17F3O/c1-2-5-10(15)8-6-3-4-7-9(8)11(12,13)14/h8-9H,2-7H2,1H3. The summed E-state index contributed by atoms with van der Waals surface area (Å²) in [7, 11) is 0. The average Bonchev–Trinajstić information content (AvgIpc) is 2.17. The Bertz CT molecular complexity index is 222. The van der Waals surface area contributed by atoms with Crippen molar-refractivity contribution in [3.05, 3.63) is 0 Å². The maximum atomic E-state index is 12.6. The number of ketones is 1. The fourth-order valence-corrected chi connectivity index (χ4v) is 2.34. The molecule has 1 aliphatic rings. The van der Waals surface area contributed by atoms with E-state index in [0.717, 1.165) is 6.42 Å². The van der Waals surface area contributed by atoms with Gasteiger partial charge in [-0.3, -0.25) is 4.79 Å². The highest BCUT2D eigenvalue weighted by Gasteiger charge is 2.47. The van der Waals surface area contributed by atoms with Gasteiger partial charge in [-0.15, -0.1) is 0 Å². The van der Waals surface area contributed by atoms with Crippen molar-refractivity contribution >= 4 is 5.78 Å². The highest BCUT2D eigenvalue weighted by molar-refractivity contribution is 5.81. The lowest BCUT2D eigenvalue weighted by atomic mass is 9.75. The van der Waals surface area contributed by atoms with Crippen LogP contribution in [-0.2, 0) is 4.79 Å². The summed E-state index contributed by atoms with van der Waals surface area (Å²) in [5, 5.41) is 0. The third kappa shape index (κ3) is 3.21. The molecule has 1 aliphatic carbocycles. The summed E-state index contributed by atoms with van der Waals surface area (Å²) in [5.74, 6) is -2.34. The zero-order chi connectivity index (χ0) is 11.5. The summed E-state index contributed by atoms with van der Waals surface area (Å²) in [4.78, 5) is 11.6. The number of halogens is 3. The molecule has 1 nitrogen and oxygen atoms in total. The van der Waals surface area contributed by atoms with Gasteiger partial charge in [-0.2, -0.15) is 13.2 Å². The van der Waals surface area contributed by atoms with Gasteiger partial charge in [0.05, 0.1) is 5.92 Å². The highest BCUT2D eigenvalue weighted by atomic mass is 19.4. The van der Waals surface area contributed by atoms with E-state index in [1.807, 2.05) is 6.92 Å². The number of hydrogen-bond donors (Lipinski definition) is 0. The first-order chi connectivity index (χ1) is 6.96. The third-order valence-corrected chi connectivity index (χ3v) is 3.10. The molecule has 0 aromatic carbocycles.